The standard InChI is InChI=1S/C16H20F3N3O3/c17-16(18,19)12-6-5-10(14(8-12)22(24)25)7-15(23)21-13-4-2-1-3-11(13)9-20/h5-6,8,11,13H,1-4,7,9,20H2,(H,21,23)/t11-,13-/m1/s1. The number of nitro groups is 1. The number of amides is 1. The molecular formula is C16H20F3N3O3. The number of hydrogen-bond donors (Lipinski definition) is 2. The zero-order valence-electron chi connectivity index (χ0n) is 13.5. The molecule has 1 aromatic rings. The lowest BCUT2D eigenvalue weighted by Crippen LogP contribution is -2.45. The molecule has 9 heteroatoms. The summed E-state index contributed by atoms with van der Waals surface area (Å²) in [7, 11) is 0. The van der Waals surface area contributed by atoms with E-state index in [9.17, 15) is 28.1 Å². The first-order valence-corrected chi connectivity index (χ1v) is 8.06. The van der Waals surface area contributed by atoms with E-state index >= 15 is 0 Å². The Morgan fingerprint density at radius 2 is 2.00 bits per heavy atom. The minimum atomic E-state index is -4.68. The Kier molecular flexibility index (Phi) is 5.99. The molecule has 0 saturated heterocycles. The van der Waals surface area contributed by atoms with Crippen molar-refractivity contribution in [1.82, 2.24) is 5.32 Å². The number of nitro benzene ring substituents is 1. The molecule has 25 heavy (non-hydrogen) atoms. The van der Waals surface area contributed by atoms with E-state index in [1.165, 1.54) is 0 Å². The van der Waals surface area contributed by atoms with Gasteiger partial charge >= 0.3 is 6.18 Å². The molecule has 1 amide bonds. The number of carbonyl (C=O) groups excluding carboxylic acids is 1. The molecule has 0 heterocycles. The summed E-state index contributed by atoms with van der Waals surface area (Å²) in [5.74, 6) is -0.298. The molecule has 1 aromatic carbocycles. The summed E-state index contributed by atoms with van der Waals surface area (Å²) in [5, 5.41) is 13.9. The summed E-state index contributed by atoms with van der Waals surface area (Å²) in [4.78, 5) is 22.4. The van der Waals surface area contributed by atoms with Crippen LogP contribution in [0.3, 0.4) is 0 Å². The lowest BCUT2D eigenvalue weighted by molar-refractivity contribution is -0.385. The van der Waals surface area contributed by atoms with E-state index in [1.807, 2.05) is 0 Å². The van der Waals surface area contributed by atoms with Gasteiger partial charge in [-0.05, 0) is 31.4 Å². The van der Waals surface area contributed by atoms with Gasteiger partial charge in [0, 0.05) is 17.7 Å². The number of carbonyl (C=O) groups is 1. The number of nitrogens with zero attached hydrogens (tertiary/aromatic N) is 1. The predicted molar refractivity (Wildman–Crippen MR) is 84.7 cm³/mol. The molecule has 0 bridgehead atoms. The van der Waals surface area contributed by atoms with Crippen LogP contribution in [0.1, 0.15) is 36.8 Å². The first-order chi connectivity index (χ1) is 11.7. The van der Waals surface area contributed by atoms with Gasteiger partial charge in [0.25, 0.3) is 5.69 Å². The Morgan fingerprint density at radius 1 is 1.32 bits per heavy atom. The molecule has 1 aliphatic rings. The fraction of sp³-hybridized carbons (Fsp3) is 0.562. The summed E-state index contributed by atoms with van der Waals surface area (Å²) in [6, 6.07) is 2.10. The average Bonchev–Trinajstić information content (AvgIpc) is 2.54. The molecule has 0 aromatic heterocycles. The largest absolute Gasteiger partial charge is 0.416 e. The molecule has 6 nitrogen and oxygen atoms in total. The first-order valence-electron chi connectivity index (χ1n) is 8.06. The fourth-order valence-corrected chi connectivity index (χ4v) is 3.17. The van der Waals surface area contributed by atoms with Gasteiger partial charge < -0.3 is 11.1 Å². The molecule has 0 spiro atoms. The average molecular weight is 359 g/mol. The third-order valence-electron chi connectivity index (χ3n) is 4.52. The van der Waals surface area contributed by atoms with E-state index in [0.29, 0.717) is 12.6 Å². The van der Waals surface area contributed by atoms with Crippen molar-refractivity contribution in [1.29, 1.82) is 0 Å². The summed E-state index contributed by atoms with van der Waals surface area (Å²) in [6.45, 7) is 0.436. The molecule has 1 aliphatic carbocycles. The van der Waals surface area contributed by atoms with Crippen LogP contribution in [-0.2, 0) is 17.4 Å². The van der Waals surface area contributed by atoms with Crippen molar-refractivity contribution in [2.75, 3.05) is 6.54 Å². The predicted octanol–water partition coefficient (Wildman–Crippen LogP) is 2.79. The van der Waals surface area contributed by atoms with Gasteiger partial charge in [0.2, 0.25) is 5.91 Å². The minimum absolute atomic E-state index is 0.0457. The van der Waals surface area contributed by atoms with E-state index in [4.69, 9.17) is 5.73 Å². The number of rotatable bonds is 5. The second-order valence-electron chi connectivity index (χ2n) is 6.23. The highest BCUT2D eigenvalue weighted by Crippen LogP contribution is 2.33. The molecule has 2 rings (SSSR count). The molecule has 0 unspecified atom stereocenters. The number of alkyl halides is 3. The smallest absolute Gasteiger partial charge is 0.353 e. The van der Waals surface area contributed by atoms with E-state index in [2.05, 4.69) is 5.32 Å². The van der Waals surface area contributed by atoms with Crippen LogP contribution < -0.4 is 11.1 Å². The molecule has 2 atom stereocenters. The maximum atomic E-state index is 12.7. The zero-order valence-corrected chi connectivity index (χ0v) is 13.5. The van der Waals surface area contributed by atoms with Crippen LogP contribution in [0, 0.1) is 16.0 Å². The second-order valence-corrected chi connectivity index (χ2v) is 6.23. The quantitative estimate of drug-likeness (QED) is 0.624. The number of halogens is 3. The lowest BCUT2D eigenvalue weighted by atomic mass is 9.84. The van der Waals surface area contributed by atoms with Crippen LogP contribution >= 0.6 is 0 Å². The van der Waals surface area contributed by atoms with Crippen LogP contribution in [0.2, 0.25) is 0 Å². The van der Waals surface area contributed by atoms with E-state index in [-0.39, 0.29) is 23.9 Å². The molecular weight excluding hydrogens is 339 g/mol. The summed E-state index contributed by atoms with van der Waals surface area (Å²) in [5.41, 5.74) is 3.83. The van der Waals surface area contributed by atoms with Crippen molar-refractivity contribution in [3.63, 3.8) is 0 Å². The van der Waals surface area contributed by atoms with Gasteiger partial charge in [-0.3, -0.25) is 14.9 Å². The Bertz CT molecular complexity index is 649. The zero-order chi connectivity index (χ0) is 18.6. The molecule has 138 valence electrons. The highest BCUT2D eigenvalue weighted by molar-refractivity contribution is 5.80. The van der Waals surface area contributed by atoms with E-state index < -0.39 is 28.3 Å². The molecule has 0 aliphatic heterocycles. The summed E-state index contributed by atoms with van der Waals surface area (Å²) >= 11 is 0. The van der Waals surface area contributed by atoms with E-state index in [1.54, 1.807) is 0 Å². The Morgan fingerprint density at radius 3 is 2.60 bits per heavy atom. The summed E-state index contributed by atoms with van der Waals surface area (Å²) < 4.78 is 38.1. The fourth-order valence-electron chi connectivity index (χ4n) is 3.17. The van der Waals surface area contributed by atoms with Crippen molar-refractivity contribution < 1.29 is 22.9 Å². The normalized spacial score (nSPS) is 21.0. The first kappa shape index (κ1) is 19.2. The maximum absolute atomic E-state index is 12.7. The van der Waals surface area contributed by atoms with Gasteiger partial charge in [-0.15, -0.1) is 0 Å². The van der Waals surface area contributed by atoms with Crippen molar-refractivity contribution in [3.05, 3.63) is 39.4 Å². The van der Waals surface area contributed by atoms with Crippen LogP contribution in [0.15, 0.2) is 18.2 Å². The molecule has 1 fully saturated rings. The molecule has 3 N–H and O–H groups in total. The number of hydrogen-bond acceptors (Lipinski definition) is 4. The van der Waals surface area contributed by atoms with Gasteiger partial charge in [-0.1, -0.05) is 18.9 Å². The topological polar surface area (TPSA) is 98.3 Å². The van der Waals surface area contributed by atoms with Crippen LogP contribution in [0.25, 0.3) is 0 Å². The van der Waals surface area contributed by atoms with Crippen molar-refractivity contribution >= 4 is 11.6 Å². The minimum Gasteiger partial charge on any atom is -0.353 e. The van der Waals surface area contributed by atoms with Crippen LogP contribution in [0.4, 0.5) is 18.9 Å². The lowest BCUT2D eigenvalue weighted by Gasteiger charge is -2.31. The van der Waals surface area contributed by atoms with Gasteiger partial charge in [0.1, 0.15) is 0 Å². The SMILES string of the molecule is NC[C@H]1CCCC[C@H]1NC(=O)Cc1ccc(C(F)(F)F)cc1[N+](=O)[O-]. The third kappa shape index (κ3) is 4.91. The number of benzene rings is 1. The van der Waals surface area contributed by atoms with Crippen LogP contribution in [-0.4, -0.2) is 23.4 Å². The Hall–Kier alpha value is -2.16. The van der Waals surface area contributed by atoms with E-state index in [0.717, 1.165) is 37.8 Å². The highest BCUT2D eigenvalue weighted by atomic mass is 19.4. The Balaban J connectivity index is 2.13. The number of nitrogens with two attached hydrogens (primary N) is 1. The Labute approximate surface area is 142 Å². The van der Waals surface area contributed by atoms with Gasteiger partial charge in [-0.2, -0.15) is 13.2 Å². The monoisotopic (exact) mass is 359 g/mol. The second kappa shape index (κ2) is 7.81. The van der Waals surface area contributed by atoms with Crippen molar-refractivity contribution in [3.8, 4) is 0 Å². The van der Waals surface area contributed by atoms with Crippen LogP contribution in [0.5, 0.6) is 0 Å². The highest BCUT2D eigenvalue weighted by Gasteiger charge is 2.33. The molecule has 1 saturated carbocycles. The number of nitrogens with one attached hydrogen (secondary N) is 1. The molecule has 0 radical (unpaired) electrons. The van der Waals surface area contributed by atoms with Crippen molar-refractivity contribution in [2.45, 2.75) is 44.3 Å². The third-order valence-corrected chi connectivity index (χ3v) is 4.52. The summed E-state index contributed by atoms with van der Waals surface area (Å²) in [6.07, 6.45) is -1.34. The maximum Gasteiger partial charge on any atom is 0.416 e. The van der Waals surface area contributed by atoms with Gasteiger partial charge in [-0.25, -0.2) is 0 Å². The van der Waals surface area contributed by atoms with Crippen molar-refractivity contribution in [2.24, 2.45) is 11.7 Å². The van der Waals surface area contributed by atoms with Gasteiger partial charge in [0.15, 0.2) is 0 Å². The van der Waals surface area contributed by atoms with Gasteiger partial charge in [0.05, 0.1) is 16.9 Å².